The van der Waals surface area contributed by atoms with E-state index < -0.39 is 0 Å². The van der Waals surface area contributed by atoms with Gasteiger partial charge in [-0.25, -0.2) is 10.0 Å². The van der Waals surface area contributed by atoms with Crippen molar-refractivity contribution in [2.45, 2.75) is 51.5 Å². The first kappa shape index (κ1) is 13.6. The van der Waals surface area contributed by atoms with Gasteiger partial charge in [0.15, 0.2) is 0 Å². The molecule has 1 aromatic carbocycles. The van der Waals surface area contributed by atoms with Crippen molar-refractivity contribution >= 4 is 5.91 Å². The minimum Gasteiger partial charge on any atom is -0.351 e. The van der Waals surface area contributed by atoms with Crippen LogP contribution < -0.4 is 0 Å². The van der Waals surface area contributed by atoms with Gasteiger partial charge >= 0.3 is 0 Å². The van der Waals surface area contributed by atoms with Crippen molar-refractivity contribution in [3.63, 3.8) is 0 Å². The van der Waals surface area contributed by atoms with E-state index in [4.69, 9.17) is 4.74 Å². The number of hydrogen-bond donors (Lipinski definition) is 0. The highest BCUT2D eigenvalue weighted by Crippen LogP contribution is 2.41. The highest BCUT2D eigenvalue weighted by Gasteiger charge is 2.47. The molecule has 4 nitrogen and oxygen atoms in total. The fraction of sp³-hybridized carbons (Fsp3) is 0.562. The monoisotopic (exact) mass is 274 g/mol. The molecular weight excluding hydrogens is 252 g/mol. The van der Waals surface area contributed by atoms with E-state index in [-0.39, 0.29) is 23.8 Å². The van der Waals surface area contributed by atoms with Crippen molar-refractivity contribution in [1.29, 1.82) is 0 Å². The third-order valence-corrected chi connectivity index (χ3v) is 3.82. The molecule has 0 saturated carbocycles. The lowest BCUT2D eigenvalue weighted by atomic mass is 10.0. The van der Waals surface area contributed by atoms with Crippen LogP contribution in [-0.4, -0.2) is 34.3 Å². The van der Waals surface area contributed by atoms with Crippen LogP contribution in [0.3, 0.4) is 0 Å². The number of fused-ring (bicyclic) bond motifs is 1. The van der Waals surface area contributed by atoms with Crippen LogP contribution in [0.25, 0.3) is 0 Å². The Kier molecular flexibility index (Phi) is 3.30. The van der Waals surface area contributed by atoms with E-state index in [9.17, 15) is 4.79 Å². The standard InChI is InChI=1S/C16H22N2O2/c1-16(2,3)20-15-11-13(12-7-5-4-6-8-12)17-10-9-14(19)18(15)17/h4-8,13,15H,9-11H2,1-3H3/t13-,15-/m1/s1. The summed E-state index contributed by atoms with van der Waals surface area (Å²) in [5.74, 6) is 0.178. The van der Waals surface area contributed by atoms with Crippen molar-refractivity contribution in [2.24, 2.45) is 0 Å². The maximum absolute atomic E-state index is 12.1. The quantitative estimate of drug-likeness (QED) is 0.831. The van der Waals surface area contributed by atoms with E-state index in [0.29, 0.717) is 6.42 Å². The molecule has 0 radical (unpaired) electrons. The van der Waals surface area contributed by atoms with Gasteiger partial charge in [-0.2, -0.15) is 0 Å². The summed E-state index contributed by atoms with van der Waals surface area (Å²) in [6.07, 6.45) is 1.29. The largest absolute Gasteiger partial charge is 0.351 e. The average molecular weight is 274 g/mol. The molecule has 2 aliphatic rings. The summed E-state index contributed by atoms with van der Waals surface area (Å²) in [7, 11) is 0. The van der Waals surface area contributed by atoms with E-state index in [1.807, 2.05) is 31.8 Å². The van der Waals surface area contributed by atoms with Crippen LogP contribution in [0.15, 0.2) is 30.3 Å². The lowest BCUT2D eigenvalue weighted by Crippen LogP contribution is -2.42. The summed E-state index contributed by atoms with van der Waals surface area (Å²) in [4.78, 5) is 12.1. The van der Waals surface area contributed by atoms with Crippen molar-refractivity contribution in [2.75, 3.05) is 6.54 Å². The van der Waals surface area contributed by atoms with Crippen LogP contribution in [0.5, 0.6) is 0 Å². The van der Waals surface area contributed by atoms with E-state index >= 15 is 0 Å². The number of benzene rings is 1. The summed E-state index contributed by atoms with van der Waals surface area (Å²) in [6, 6.07) is 10.6. The van der Waals surface area contributed by atoms with Crippen LogP contribution in [0, 0.1) is 0 Å². The number of amides is 1. The van der Waals surface area contributed by atoms with Gasteiger partial charge in [-0.1, -0.05) is 30.3 Å². The maximum atomic E-state index is 12.1. The molecule has 0 bridgehead atoms. The second-order valence-corrected chi connectivity index (χ2v) is 6.50. The SMILES string of the molecule is CC(C)(C)O[C@@H]1C[C@H](c2ccccc2)N2CCC(=O)N12. The Bertz CT molecular complexity index is 495. The second kappa shape index (κ2) is 4.86. The molecule has 0 aliphatic carbocycles. The van der Waals surface area contributed by atoms with Crippen molar-refractivity contribution in [3.05, 3.63) is 35.9 Å². The predicted molar refractivity (Wildman–Crippen MR) is 76.6 cm³/mol. The average Bonchev–Trinajstić information content (AvgIpc) is 2.91. The molecular formula is C16H22N2O2. The third kappa shape index (κ3) is 2.45. The van der Waals surface area contributed by atoms with Crippen LogP contribution in [0.2, 0.25) is 0 Å². The minimum absolute atomic E-state index is 0.143. The second-order valence-electron chi connectivity index (χ2n) is 6.50. The lowest BCUT2D eigenvalue weighted by Gasteiger charge is -2.31. The summed E-state index contributed by atoms with van der Waals surface area (Å²) >= 11 is 0. The Hall–Kier alpha value is -1.39. The zero-order valence-electron chi connectivity index (χ0n) is 12.4. The zero-order chi connectivity index (χ0) is 14.3. The lowest BCUT2D eigenvalue weighted by molar-refractivity contribution is -0.172. The number of rotatable bonds is 2. The molecule has 0 N–H and O–H groups in total. The van der Waals surface area contributed by atoms with Crippen molar-refractivity contribution in [1.82, 2.24) is 10.0 Å². The van der Waals surface area contributed by atoms with Gasteiger partial charge in [0, 0.05) is 19.4 Å². The van der Waals surface area contributed by atoms with Crippen LogP contribution in [-0.2, 0) is 9.53 Å². The Morgan fingerprint density at radius 2 is 1.90 bits per heavy atom. The molecule has 0 spiro atoms. The van der Waals surface area contributed by atoms with Crippen molar-refractivity contribution < 1.29 is 9.53 Å². The summed E-state index contributed by atoms with van der Waals surface area (Å²) in [6.45, 7) is 6.90. The molecule has 2 heterocycles. The first-order valence-corrected chi connectivity index (χ1v) is 7.27. The van der Waals surface area contributed by atoms with Gasteiger partial charge in [-0.3, -0.25) is 4.79 Å². The van der Waals surface area contributed by atoms with E-state index in [1.165, 1.54) is 5.56 Å². The zero-order valence-corrected chi connectivity index (χ0v) is 12.4. The number of nitrogens with zero attached hydrogens (tertiary/aromatic N) is 2. The highest BCUT2D eigenvalue weighted by molar-refractivity contribution is 5.78. The maximum Gasteiger partial charge on any atom is 0.240 e. The molecule has 4 heteroatoms. The molecule has 1 aromatic rings. The molecule has 3 rings (SSSR count). The van der Waals surface area contributed by atoms with Crippen LogP contribution >= 0.6 is 0 Å². The molecule has 2 aliphatic heterocycles. The number of carbonyl (C=O) groups excluding carboxylic acids is 1. The summed E-state index contributed by atoms with van der Waals surface area (Å²) in [5.41, 5.74) is 1.01. The topological polar surface area (TPSA) is 32.8 Å². The molecule has 0 unspecified atom stereocenters. The summed E-state index contributed by atoms with van der Waals surface area (Å²) in [5, 5.41) is 4.01. The Balaban J connectivity index is 1.86. The molecule has 1 amide bonds. The van der Waals surface area contributed by atoms with E-state index in [0.717, 1.165) is 13.0 Å². The van der Waals surface area contributed by atoms with Gasteiger partial charge in [0.1, 0.15) is 6.23 Å². The number of hydrazine groups is 1. The smallest absolute Gasteiger partial charge is 0.240 e. The molecule has 0 aromatic heterocycles. The van der Waals surface area contributed by atoms with E-state index in [1.54, 1.807) is 0 Å². The Morgan fingerprint density at radius 3 is 2.55 bits per heavy atom. The van der Waals surface area contributed by atoms with Gasteiger partial charge < -0.3 is 4.74 Å². The van der Waals surface area contributed by atoms with Gasteiger partial charge in [-0.05, 0) is 26.3 Å². The molecule has 108 valence electrons. The molecule has 2 fully saturated rings. The fourth-order valence-corrected chi connectivity index (χ4v) is 3.11. The van der Waals surface area contributed by atoms with Gasteiger partial charge in [0.2, 0.25) is 5.91 Å². The van der Waals surface area contributed by atoms with Crippen molar-refractivity contribution in [3.8, 4) is 0 Å². The molecule has 2 atom stereocenters. The Labute approximate surface area is 120 Å². The van der Waals surface area contributed by atoms with Gasteiger partial charge in [0.25, 0.3) is 0 Å². The van der Waals surface area contributed by atoms with E-state index in [2.05, 4.69) is 29.3 Å². The number of hydrogen-bond acceptors (Lipinski definition) is 3. The van der Waals surface area contributed by atoms with Gasteiger partial charge in [0.05, 0.1) is 11.6 Å². The molecule has 20 heavy (non-hydrogen) atoms. The normalized spacial score (nSPS) is 27.1. The van der Waals surface area contributed by atoms with Crippen LogP contribution in [0.4, 0.5) is 0 Å². The fourth-order valence-electron chi connectivity index (χ4n) is 3.11. The first-order valence-electron chi connectivity index (χ1n) is 7.27. The Morgan fingerprint density at radius 1 is 1.20 bits per heavy atom. The predicted octanol–water partition coefficient (Wildman–Crippen LogP) is 2.72. The molecule has 2 saturated heterocycles. The minimum atomic E-state index is -0.245. The van der Waals surface area contributed by atoms with Crippen LogP contribution in [0.1, 0.15) is 45.2 Å². The third-order valence-electron chi connectivity index (χ3n) is 3.82. The number of carbonyl (C=O) groups is 1. The first-order chi connectivity index (χ1) is 9.46. The highest BCUT2D eigenvalue weighted by atomic mass is 16.5. The number of ether oxygens (including phenoxy) is 1. The van der Waals surface area contributed by atoms with Gasteiger partial charge in [-0.15, -0.1) is 0 Å². The summed E-state index contributed by atoms with van der Waals surface area (Å²) < 4.78 is 6.10.